The molecule has 1 aromatic carbocycles. The Morgan fingerprint density at radius 2 is 1.71 bits per heavy atom. The van der Waals surface area contributed by atoms with Crippen molar-refractivity contribution in [1.29, 1.82) is 5.26 Å². The Morgan fingerprint density at radius 1 is 1.16 bits per heavy atom. The molecule has 38 heavy (non-hydrogen) atoms. The number of likely N-dealkylation sites (tertiary alicyclic amines) is 1. The molecule has 8 nitrogen and oxygen atoms in total. The van der Waals surface area contributed by atoms with Gasteiger partial charge in [-0.2, -0.15) is 23.5 Å². The summed E-state index contributed by atoms with van der Waals surface area (Å²) >= 11 is 11.8. The number of benzene rings is 1. The highest BCUT2D eigenvalue weighted by Crippen LogP contribution is 3.02. The van der Waals surface area contributed by atoms with Gasteiger partial charge in [-0.15, -0.1) is 0 Å². The number of hydrogen-bond donors (Lipinski definition) is 1. The second kappa shape index (κ2) is 9.18. The summed E-state index contributed by atoms with van der Waals surface area (Å²) in [7, 11) is -15.0. The van der Waals surface area contributed by atoms with Gasteiger partial charge >= 0.3 is 16.4 Å². The van der Waals surface area contributed by atoms with Crippen LogP contribution in [0.1, 0.15) is 12.1 Å². The Kier molecular flexibility index (Phi) is 7.33. The van der Waals surface area contributed by atoms with Gasteiger partial charge in [0.2, 0.25) is 10.0 Å². The van der Waals surface area contributed by atoms with E-state index in [2.05, 4.69) is 10.4 Å². The summed E-state index contributed by atoms with van der Waals surface area (Å²) in [6, 6.07) is 1.14. The molecule has 1 saturated heterocycles. The van der Waals surface area contributed by atoms with Crippen LogP contribution in [0.5, 0.6) is 0 Å². The van der Waals surface area contributed by atoms with E-state index < -0.39 is 70.8 Å². The molecule has 0 bridgehead atoms. The predicted octanol–water partition coefficient (Wildman–Crippen LogP) is 6.15. The molecule has 0 amide bonds. The maximum absolute atomic E-state index is 13.3. The largest absolute Gasteiger partial charge is 0.407 e. The van der Waals surface area contributed by atoms with Gasteiger partial charge in [0.05, 0.1) is 16.3 Å². The van der Waals surface area contributed by atoms with E-state index in [1.54, 1.807) is 0 Å². The van der Waals surface area contributed by atoms with E-state index in [4.69, 9.17) is 23.2 Å². The van der Waals surface area contributed by atoms with E-state index in [9.17, 15) is 46.3 Å². The summed E-state index contributed by atoms with van der Waals surface area (Å²) in [5, 5.41) is 13.8. The van der Waals surface area contributed by atoms with Crippen LogP contribution in [0, 0.1) is 11.3 Å². The first-order valence-electron chi connectivity index (χ1n) is 10.3. The van der Waals surface area contributed by atoms with Gasteiger partial charge in [-0.3, -0.25) is 4.31 Å². The van der Waals surface area contributed by atoms with Crippen LogP contribution >= 0.6 is 33.4 Å². The van der Waals surface area contributed by atoms with Crippen molar-refractivity contribution in [2.24, 2.45) is 0 Å². The number of aromatic nitrogens is 2. The molecule has 1 fully saturated rings. The number of alkyl halides is 3. The van der Waals surface area contributed by atoms with Crippen molar-refractivity contribution in [3.05, 3.63) is 27.9 Å². The molecular formula is C18H18Cl2F8N6O2S2. The lowest BCUT2D eigenvalue weighted by Gasteiger charge is -2.40. The van der Waals surface area contributed by atoms with Crippen molar-refractivity contribution in [3.8, 4) is 11.8 Å². The van der Waals surface area contributed by atoms with Gasteiger partial charge in [0.25, 0.3) is 0 Å². The van der Waals surface area contributed by atoms with Crippen LogP contribution in [0.15, 0.2) is 17.0 Å². The molecule has 0 saturated carbocycles. The molecule has 0 aliphatic carbocycles. The summed E-state index contributed by atoms with van der Waals surface area (Å²) < 4.78 is 132. The number of nitriles is 1. The van der Waals surface area contributed by atoms with Crippen LogP contribution in [0.25, 0.3) is 5.69 Å². The van der Waals surface area contributed by atoms with Crippen molar-refractivity contribution >= 4 is 55.0 Å². The van der Waals surface area contributed by atoms with Crippen LogP contribution in [0.3, 0.4) is 0 Å². The maximum atomic E-state index is 13.3. The maximum Gasteiger partial charge on any atom is 0.407 e. The first-order chi connectivity index (χ1) is 17.0. The molecule has 1 aliphatic heterocycles. The SMILES string of the molecule is CS(=O)(=O)N(CC(F)(F)F)c1c(C#N)nn(-c2c(Cl)cc(S(F)(F)(F)(F)F)cc2Cl)c1NCCN1CCC1. The highest BCUT2D eigenvalue weighted by molar-refractivity contribution is 8.45. The summed E-state index contributed by atoms with van der Waals surface area (Å²) in [4.78, 5) is -0.537. The van der Waals surface area contributed by atoms with E-state index in [-0.39, 0.29) is 23.0 Å². The standard InChI is InChI=1S/C18H18Cl2F8N6O2S2/c1-37(35,36)33(10-18(21,22)23)16-14(9-29)31-34(17(16)30-3-6-32-4-2-5-32)15-12(19)7-11(8-13(15)20)38(24,25,26,27)28/h7-8,30H,2-6,10H2,1H3. The Hall–Kier alpha value is -2.20. The highest BCUT2D eigenvalue weighted by atomic mass is 35.5. The Morgan fingerprint density at radius 3 is 2.11 bits per heavy atom. The normalized spacial score (nSPS) is 16.8. The molecule has 1 N–H and O–H groups in total. The first-order valence-corrected chi connectivity index (χ1v) is 14.8. The first kappa shape index (κ1) is 30.3. The van der Waals surface area contributed by atoms with Crippen molar-refractivity contribution < 1.29 is 41.0 Å². The summed E-state index contributed by atoms with van der Waals surface area (Å²) in [5.74, 6) is -0.597. The molecule has 0 atom stereocenters. The third-order valence-corrected chi connectivity index (χ3v) is 8.07. The molecule has 0 radical (unpaired) electrons. The zero-order valence-electron chi connectivity index (χ0n) is 19.0. The lowest BCUT2D eigenvalue weighted by molar-refractivity contribution is -0.117. The number of anilines is 2. The molecule has 1 aromatic heterocycles. The van der Waals surface area contributed by atoms with Gasteiger partial charge in [0.15, 0.2) is 11.5 Å². The molecule has 214 valence electrons. The number of halogens is 10. The lowest BCUT2D eigenvalue weighted by atomic mass is 10.2. The molecule has 1 aliphatic rings. The van der Waals surface area contributed by atoms with Gasteiger partial charge in [-0.05, 0) is 31.6 Å². The molecule has 20 heteroatoms. The quantitative estimate of drug-likeness (QED) is 0.332. The molecule has 3 rings (SSSR count). The van der Waals surface area contributed by atoms with E-state index in [1.807, 2.05) is 4.90 Å². The fourth-order valence-corrected chi connectivity index (χ4v) is 5.81. The number of hydrogen-bond acceptors (Lipinski definition) is 6. The summed E-state index contributed by atoms with van der Waals surface area (Å²) in [5.41, 5.74) is -2.50. The minimum Gasteiger partial charge on any atom is -0.367 e. The van der Waals surface area contributed by atoms with Crippen molar-refractivity contribution in [2.45, 2.75) is 17.5 Å². The molecule has 2 heterocycles. The molecule has 2 aromatic rings. The van der Waals surface area contributed by atoms with E-state index in [1.165, 1.54) is 6.07 Å². The van der Waals surface area contributed by atoms with Crippen LogP contribution in [0.4, 0.5) is 44.1 Å². The Labute approximate surface area is 221 Å². The summed E-state index contributed by atoms with van der Waals surface area (Å²) in [6.07, 6.45) is -3.77. The lowest BCUT2D eigenvalue weighted by Crippen LogP contribution is -2.41. The second-order valence-electron chi connectivity index (χ2n) is 8.28. The van der Waals surface area contributed by atoms with Crippen molar-refractivity contribution in [1.82, 2.24) is 14.7 Å². The minimum absolute atomic E-state index is 0.0496. The van der Waals surface area contributed by atoms with Gasteiger partial charge in [-0.25, -0.2) is 13.1 Å². The van der Waals surface area contributed by atoms with Crippen LogP contribution in [-0.4, -0.2) is 68.3 Å². The zero-order valence-corrected chi connectivity index (χ0v) is 22.2. The fourth-order valence-electron chi connectivity index (χ4n) is 3.47. The van der Waals surface area contributed by atoms with E-state index in [0.717, 1.165) is 6.42 Å². The topological polar surface area (TPSA) is 94.3 Å². The average molecular weight is 637 g/mol. The van der Waals surface area contributed by atoms with Gasteiger partial charge < -0.3 is 10.2 Å². The monoisotopic (exact) mass is 636 g/mol. The van der Waals surface area contributed by atoms with Gasteiger partial charge in [0.1, 0.15) is 28.9 Å². The highest BCUT2D eigenvalue weighted by Gasteiger charge is 2.65. The molecular weight excluding hydrogens is 619 g/mol. The van der Waals surface area contributed by atoms with Gasteiger partial charge in [0, 0.05) is 13.1 Å². The van der Waals surface area contributed by atoms with Crippen LogP contribution in [0.2, 0.25) is 10.0 Å². The number of sulfonamides is 1. The smallest absolute Gasteiger partial charge is 0.367 e. The predicted molar refractivity (Wildman–Crippen MR) is 127 cm³/mol. The number of nitrogens with zero attached hydrogens (tertiary/aromatic N) is 5. The third-order valence-electron chi connectivity index (χ3n) is 5.26. The molecule has 0 unspecified atom stereocenters. The van der Waals surface area contributed by atoms with E-state index >= 15 is 0 Å². The Balaban J connectivity index is 2.28. The summed E-state index contributed by atoms with van der Waals surface area (Å²) in [6.45, 7) is -0.429. The van der Waals surface area contributed by atoms with Crippen molar-refractivity contribution in [3.63, 3.8) is 0 Å². The van der Waals surface area contributed by atoms with Gasteiger partial charge in [-0.1, -0.05) is 42.6 Å². The van der Waals surface area contributed by atoms with E-state index in [0.29, 0.717) is 30.6 Å². The Bertz CT molecular complexity index is 1380. The number of nitrogens with one attached hydrogen (secondary N) is 1. The fraction of sp³-hybridized carbons (Fsp3) is 0.444. The zero-order chi connectivity index (χ0) is 29.0. The number of rotatable bonds is 9. The second-order valence-corrected chi connectivity index (χ2v) is 13.4. The third kappa shape index (κ3) is 6.86. The minimum atomic E-state index is -10.3. The van der Waals surface area contributed by atoms with Crippen LogP contribution in [-0.2, 0) is 10.0 Å². The van der Waals surface area contributed by atoms with Crippen LogP contribution < -0.4 is 9.62 Å². The van der Waals surface area contributed by atoms with Crippen molar-refractivity contribution in [2.75, 3.05) is 48.6 Å². The average Bonchev–Trinajstić information content (AvgIpc) is 3.02. The molecule has 0 spiro atoms.